The number of ether oxygens (including phenoxy) is 1. The monoisotopic (exact) mass is 311 g/mol. The Morgan fingerprint density at radius 1 is 1.39 bits per heavy atom. The van der Waals surface area contributed by atoms with E-state index in [0.29, 0.717) is 12.0 Å². The molecule has 0 fully saturated rings. The fourth-order valence-corrected chi connectivity index (χ4v) is 3.35. The maximum atomic E-state index is 12.7. The lowest BCUT2D eigenvalue weighted by molar-refractivity contribution is -0.154. The highest BCUT2D eigenvalue weighted by Crippen LogP contribution is 2.50. The zero-order valence-corrected chi connectivity index (χ0v) is 13.5. The highest BCUT2D eigenvalue weighted by Gasteiger charge is 2.52. The maximum Gasteiger partial charge on any atom is 0.327 e. The molecule has 1 aliphatic carbocycles. The lowest BCUT2D eigenvalue weighted by Gasteiger charge is -2.39. The fraction of sp³-hybridized carbons (Fsp3) is 0.421. The number of aldehydes is 1. The summed E-state index contributed by atoms with van der Waals surface area (Å²) in [5, 5.41) is 9.90. The average Bonchev–Trinajstić information content (AvgIpc) is 2.61. The van der Waals surface area contributed by atoms with Gasteiger partial charge in [0.05, 0.1) is 12.7 Å². The van der Waals surface area contributed by atoms with Crippen molar-refractivity contribution in [3.63, 3.8) is 0 Å². The first-order valence-corrected chi connectivity index (χ1v) is 7.93. The van der Waals surface area contributed by atoms with Gasteiger partial charge in [0.15, 0.2) is 5.41 Å². The Kier molecular flexibility index (Phi) is 5.33. The Balaban J connectivity index is 2.64. The van der Waals surface area contributed by atoms with E-state index in [1.165, 1.54) is 0 Å². The quantitative estimate of drug-likeness (QED) is 0.617. The Labute approximate surface area is 136 Å². The van der Waals surface area contributed by atoms with E-state index >= 15 is 0 Å². The largest absolute Gasteiger partial charge is 0.465 e. The number of allylic oxidation sites excluding steroid dienone is 2. The Morgan fingerprint density at radius 3 is 2.61 bits per heavy atom. The molecule has 4 heteroatoms. The molecule has 0 saturated heterocycles. The van der Waals surface area contributed by atoms with E-state index in [9.17, 15) is 14.9 Å². The van der Waals surface area contributed by atoms with Crippen LogP contribution in [0.3, 0.4) is 0 Å². The predicted octanol–water partition coefficient (Wildman–Crippen LogP) is 3.40. The van der Waals surface area contributed by atoms with E-state index in [-0.39, 0.29) is 12.5 Å². The van der Waals surface area contributed by atoms with E-state index in [2.05, 4.69) is 6.07 Å². The van der Waals surface area contributed by atoms with E-state index < -0.39 is 17.3 Å². The Morgan fingerprint density at radius 2 is 2.09 bits per heavy atom. The second kappa shape index (κ2) is 7.23. The van der Waals surface area contributed by atoms with Crippen molar-refractivity contribution in [3.8, 4) is 6.07 Å². The molecule has 2 rings (SSSR count). The van der Waals surface area contributed by atoms with E-state index in [1.807, 2.05) is 43.3 Å². The van der Waals surface area contributed by atoms with E-state index in [0.717, 1.165) is 18.3 Å². The molecule has 0 bridgehead atoms. The van der Waals surface area contributed by atoms with Gasteiger partial charge in [-0.3, -0.25) is 9.59 Å². The van der Waals surface area contributed by atoms with Crippen molar-refractivity contribution in [1.29, 1.82) is 5.26 Å². The third-order valence-corrected chi connectivity index (χ3v) is 4.47. The van der Waals surface area contributed by atoms with Crippen LogP contribution in [0.25, 0.3) is 0 Å². The number of carbonyl (C=O) groups excluding carboxylic acids is 2. The molecule has 0 N–H and O–H groups in total. The molecule has 0 aliphatic heterocycles. The first kappa shape index (κ1) is 17.0. The summed E-state index contributed by atoms with van der Waals surface area (Å²) in [6.45, 7) is 3.91. The lowest BCUT2D eigenvalue weighted by atomic mass is 9.61. The summed E-state index contributed by atoms with van der Waals surface area (Å²) in [5.41, 5.74) is -0.0813. The Bertz CT molecular complexity index is 644. The predicted molar refractivity (Wildman–Crippen MR) is 86.4 cm³/mol. The minimum Gasteiger partial charge on any atom is -0.465 e. The number of hydrogen-bond donors (Lipinski definition) is 0. The van der Waals surface area contributed by atoms with Crippen molar-refractivity contribution in [2.24, 2.45) is 11.3 Å². The van der Waals surface area contributed by atoms with Gasteiger partial charge in [-0.15, -0.1) is 0 Å². The van der Waals surface area contributed by atoms with Crippen molar-refractivity contribution in [1.82, 2.24) is 0 Å². The summed E-state index contributed by atoms with van der Waals surface area (Å²) in [4.78, 5) is 24.3. The molecule has 1 aliphatic rings. The molecule has 0 unspecified atom stereocenters. The van der Waals surface area contributed by atoms with Crippen LogP contribution in [0.1, 0.15) is 38.2 Å². The number of hydrogen-bond acceptors (Lipinski definition) is 4. The number of nitrogens with zero attached hydrogens (tertiary/aromatic N) is 1. The summed E-state index contributed by atoms with van der Waals surface area (Å²) >= 11 is 0. The zero-order valence-electron chi connectivity index (χ0n) is 13.5. The van der Waals surface area contributed by atoms with Crippen LogP contribution >= 0.6 is 0 Å². The van der Waals surface area contributed by atoms with Crippen LogP contribution in [0, 0.1) is 22.7 Å². The minimum atomic E-state index is -1.36. The highest BCUT2D eigenvalue weighted by molar-refractivity contribution is 5.87. The van der Waals surface area contributed by atoms with Gasteiger partial charge in [-0.2, -0.15) is 5.26 Å². The highest BCUT2D eigenvalue weighted by atomic mass is 16.5. The molecule has 0 spiro atoms. The van der Waals surface area contributed by atoms with Crippen LogP contribution in [-0.2, 0) is 14.3 Å². The lowest BCUT2D eigenvalue weighted by Crippen LogP contribution is -2.42. The van der Waals surface area contributed by atoms with Gasteiger partial charge >= 0.3 is 5.97 Å². The molecule has 0 saturated carbocycles. The normalized spacial score (nSPS) is 26.7. The van der Waals surface area contributed by atoms with Crippen molar-refractivity contribution < 1.29 is 14.3 Å². The first-order chi connectivity index (χ1) is 11.1. The van der Waals surface area contributed by atoms with Crippen LogP contribution in [0.5, 0.6) is 0 Å². The number of benzene rings is 1. The molecule has 0 radical (unpaired) electrons. The second-order valence-corrected chi connectivity index (χ2v) is 5.80. The first-order valence-electron chi connectivity index (χ1n) is 7.93. The molecule has 23 heavy (non-hydrogen) atoms. The van der Waals surface area contributed by atoms with Gasteiger partial charge in [0.25, 0.3) is 0 Å². The van der Waals surface area contributed by atoms with Crippen LogP contribution in [-0.4, -0.2) is 18.9 Å². The summed E-state index contributed by atoms with van der Waals surface area (Å²) < 4.78 is 5.21. The molecule has 0 heterocycles. The van der Waals surface area contributed by atoms with Gasteiger partial charge in [0, 0.05) is 5.92 Å². The molecular weight excluding hydrogens is 290 g/mol. The Hall–Kier alpha value is -2.41. The van der Waals surface area contributed by atoms with Crippen molar-refractivity contribution >= 4 is 12.3 Å². The standard InChI is InChI=1S/C19H21NO3/c1-3-14-10-16(12-21)17(15-8-6-5-7-9-15)19(11-14,13-20)18(22)23-4-2/h5-10,12,14,17H,3-4,11H2,1-2H3/t14-,17+,19+/m0/s1. The van der Waals surface area contributed by atoms with Gasteiger partial charge in [-0.1, -0.05) is 43.3 Å². The molecular formula is C19H21NO3. The van der Waals surface area contributed by atoms with Gasteiger partial charge < -0.3 is 4.74 Å². The van der Waals surface area contributed by atoms with Crippen molar-refractivity contribution in [2.45, 2.75) is 32.6 Å². The van der Waals surface area contributed by atoms with Gasteiger partial charge in [0.2, 0.25) is 0 Å². The van der Waals surface area contributed by atoms with E-state index in [4.69, 9.17) is 4.74 Å². The minimum absolute atomic E-state index is 0.0132. The fourth-order valence-electron chi connectivity index (χ4n) is 3.35. The number of nitriles is 1. The third-order valence-electron chi connectivity index (χ3n) is 4.47. The summed E-state index contributed by atoms with van der Waals surface area (Å²) in [6.07, 6.45) is 3.81. The maximum absolute atomic E-state index is 12.7. The summed E-state index contributed by atoms with van der Waals surface area (Å²) in [6, 6.07) is 11.5. The number of rotatable bonds is 5. The SMILES string of the molecule is CCOC(=O)[C@@]1(C#N)C[C@@H](CC)C=C(C=O)[C@H]1c1ccccc1. The molecule has 120 valence electrons. The number of esters is 1. The third kappa shape index (κ3) is 3.05. The molecule has 1 aromatic rings. The molecule has 0 aromatic heterocycles. The van der Waals surface area contributed by atoms with Crippen LogP contribution < -0.4 is 0 Å². The average molecular weight is 311 g/mol. The molecule has 4 nitrogen and oxygen atoms in total. The van der Waals surface area contributed by atoms with E-state index in [1.54, 1.807) is 6.92 Å². The smallest absolute Gasteiger partial charge is 0.327 e. The molecule has 0 amide bonds. The van der Waals surface area contributed by atoms with Crippen LogP contribution in [0.4, 0.5) is 0 Å². The van der Waals surface area contributed by atoms with Gasteiger partial charge in [-0.25, -0.2) is 0 Å². The van der Waals surface area contributed by atoms with Gasteiger partial charge in [-0.05, 0) is 36.8 Å². The number of carbonyl (C=O) groups is 2. The van der Waals surface area contributed by atoms with Gasteiger partial charge in [0.1, 0.15) is 6.29 Å². The second-order valence-electron chi connectivity index (χ2n) is 5.80. The van der Waals surface area contributed by atoms with Crippen molar-refractivity contribution in [3.05, 3.63) is 47.5 Å². The summed E-state index contributed by atoms with van der Waals surface area (Å²) in [7, 11) is 0. The van der Waals surface area contributed by atoms with Crippen LogP contribution in [0.15, 0.2) is 42.0 Å². The molecule has 3 atom stereocenters. The molecule has 1 aromatic carbocycles. The summed E-state index contributed by atoms with van der Waals surface area (Å²) in [5.74, 6) is -1.12. The zero-order chi connectivity index (χ0) is 16.9. The van der Waals surface area contributed by atoms with Crippen molar-refractivity contribution in [2.75, 3.05) is 6.61 Å². The topological polar surface area (TPSA) is 67.2 Å². The van der Waals surface area contributed by atoms with Crippen LogP contribution in [0.2, 0.25) is 0 Å².